The molecular formula is C27H23N3O. The van der Waals surface area contributed by atoms with Crippen molar-refractivity contribution in [3.05, 3.63) is 96.1 Å². The van der Waals surface area contributed by atoms with Gasteiger partial charge in [-0.1, -0.05) is 48.5 Å². The van der Waals surface area contributed by atoms with E-state index in [4.69, 9.17) is 0 Å². The van der Waals surface area contributed by atoms with Crippen LogP contribution >= 0.6 is 0 Å². The molecule has 31 heavy (non-hydrogen) atoms. The number of hydrogen-bond acceptors (Lipinski definition) is 2. The lowest BCUT2D eigenvalue weighted by molar-refractivity contribution is 0.0705. The highest BCUT2D eigenvalue weighted by molar-refractivity contribution is 5.97. The summed E-state index contributed by atoms with van der Waals surface area (Å²) in [6, 6.07) is 23.0. The molecule has 1 aliphatic carbocycles. The molecule has 0 saturated heterocycles. The lowest BCUT2D eigenvalue weighted by Gasteiger charge is -2.27. The first-order chi connectivity index (χ1) is 15.1. The van der Waals surface area contributed by atoms with Crippen molar-refractivity contribution in [3.63, 3.8) is 0 Å². The smallest absolute Gasteiger partial charge is 0.271 e. The molecule has 0 bridgehead atoms. The van der Waals surface area contributed by atoms with Gasteiger partial charge in [0, 0.05) is 41.8 Å². The van der Waals surface area contributed by atoms with Crippen LogP contribution in [0.4, 0.5) is 0 Å². The Morgan fingerprint density at radius 1 is 0.871 bits per heavy atom. The van der Waals surface area contributed by atoms with Crippen LogP contribution in [0.15, 0.2) is 79.1 Å². The van der Waals surface area contributed by atoms with E-state index >= 15 is 0 Å². The average molecular weight is 406 g/mol. The van der Waals surface area contributed by atoms with E-state index in [0.29, 0.717) is 5.69 Å². The van der Waals surface area contributed by atoms with E-state index in [1.807, 2.05) is 55.4 Å². The summed E-state index contributed by atoms with van der Waals surface area (Å²) in [4.78, 5) is 19.9. The zero-order chi connectivity index (χ0) is 21.2. The average Bonchev–Trinajstić information content (AvgIpc) is 3.50. The van der Waals surface area contributed by atoms with E-state index in [-0.39, 0.29) is 11.4 Å². The third-order valence-electron chi connectivity index (χ3n) is 6.82. The van der Waals surface area contributed by atoms with Crippen LogP contribution in [0, 0.1) is 6.92 Å². The van der Waals surface area contributed by atoms with Gasteiger partial charge in [0.15, 0.2) is 0 Å². The predicted molar refractivity (Wildman–Crippen MR) is 122 cm³/mol. The van der Waals surface area contributed by atoms with Crippen LogP contribution in [0.5, 0.6) is 0 Å². The van der Waals surface area contributed by atoms with Crippen molar-refractivity contribution in [2.24, 2.45) is 0 Å². The molecule has 3 heterocycles. The Morgan fingerprint density at radius 3 is 2.35 bits per heavy atom. The number of carbonyl (C=O) groups is 1. The molecule has 2 aromatic carbocycles. The maximum Gasteiger partial charge on any atom is 0.271 e. The molecule has 0 N–H and O–H groups in total. The maximum atomic E-state index is 13.5. The van der Waals surface area contributed by atoms with Crippen LogP contribution in [0.25, 0.3) is 27.9 Å². The number of fused-ring (bicyclic) bond motifs is 4. The highest BCUT2D eigenvalue weighted by Gasteiger charge is 2.53. The summed E-state index contributed by atoms with van der Waals surface area (Å²) in [7, 11) is 1.95. The van der Waals surface area contributed by atoms with Crippen molar-refractivity contribution >= 4 is 5.91 Å². The molecule has 1 saturated carbocycles. The Morgan fingerprint density at radius 2 is 1.65 bits per heavy atom. The van der Waals surface area contributed by atoms with Crippen LogP contribution in [0.2, 0.25) is 0 Å². The quantitative estimate of drug-likeness (QED) is 0.436. The molecule has 1 spiro atoms. The minimum absolute atomic E-state index is 0.0782. The van der Waals surface area contributed by atoms with Crippen molar-refractivity contribution in [2.75, 3.05) is 7.05 Å². The van der Waals surface area contributed by atoms with Crippen LogP contribution < -0.4 is 0 Å². The molecule has 0 radical (unpaired) electrons. The molecule has 1 fully saturated rings. The minimum Gasteiger partial charge on any atom is -0.331 e. The number of aryl methyl sites for hydroxylation is 1. The summed E-state index contributed by atoms with van der Waals surface area (Å²) in [6.07, 6.45) is 6.03. The molecule has 2 aliphatic rings. The second kappa shape index (κ2) is 6.42. The normalized spacial score (nSPS) is 16.1. The molecule has 2 aromatic heterocycles. The predicted octanol–water partition coefficient (Wildman–Crippen LogP) is 5.59. The Kier molecular flexibility index (Phi) is 3.75. The summed E-state index contributed by atoms with van der Waals surface area (Å²) in [6.45, 7) is 2.00. The van der Waals surface area contributed by atoms with Crippen molar-refractivity contribution in [3.8, 4) is 27.9 Å². The van der Waals surface area contributed by atoms with E-state index in [0.717, 1.165) is 46.5 Å². The first-order valence-corrected chi connectivity index (χ1v) is 10.7. The molecular weight excluding hydrogens is 382 g/mol. The zero-order valence-electron chi connectivity index (χ0n) is 17.7. The van der Waals surface area contributed by atoms with Gasteiger partial charge in [0.2, 0.25) is 0 Å². The van der Waals surface area contributed by atoms with Gasteiger partial charge < -0.3 is 9.47 Å². The monoisotopic (exact) mass is 405 g/mol. The van der Waals surface area contributed by atoms with Crippen molar-refractivity contribution in [2.45, 2.75) is 25.3 Å². The van der Waals surface area contributed by atoms with Gasteiger partial charge in [-0.15, -0.1) is 0 Å². The molecule has 4 nitrogen and oxygen atoms in total. The third kappa shape index (κ3) is 2.68. The SMILES string of the molecule is Cc1ccc(-c2ccc3c(c2)-n2cc(-c4ccccc4)cc2C(=O)N(C)C32CC2)cn1. The van der Waals surface area contributed by atoms with Crippen molar-refractivity contribution < 1.29 is 4.79 Å². The number of hydrogen-bond donors (Lipinski definition) is 0. The van der Waals surface area contributed by atoms with Gasteiger partial charge in [-0.05, 0) is 49.1 Å². The Hall–Kier alpha value is -3.66. The molecule has 0 atom stereocenters. The van der Waals surface area contributed by atoms with Gasteiger partial charge in [0.25, 0.3) is 5.91 Å². The second-order valence-corrected chi connectivity index (χ2v) is 8.67. The van der Waals surface area contributed by atoms with Crippen LogP contribution in [0.1, 0.15) is 34.6 Å². The fraction of sp³-hybridized carbons (Fsp3) is 0.185. The van der Waals surface area contributed by atoms with E-state index in [1.165, 1.54) is 5.56 Å². The van der Waals surface area contributed by atoms with E-state index in [2.05, 4.69) is 52.1 Å². The number of aromatic nitrogens is 2. The molecule has 6 rings (SSSR count). The summed E-state index contributed by atoms with van der Waals surface area (Å²) in [5, 5.41) is 0. The summed E-state index contributed by atoms with van der Waals surface area (Å²) < 4.78 is 2.09. The molecule has 1 amide bonds. The molecule has 4 heteroatoms. The van der Waals surface area contributed by atoms with Crippen LogP contribution in [0.3, 0.4) is 0 Å². The van der Waals surface area contributed by atoms with Gasteiger partial charge in [0.05, 0.1) is 11.2 Å². The molecule has 0 unspecified atom stereocenters. The summed E-state index contributed by atoms with van der Waals surface area (Å²) in [5.41, 5.74) is 8.19. The van der Waals surface area contributed by atoms with Gasteiger partial charge >= 0.3 is 0 Å². The Balaban J connectivity index is 1.59. The minimum atomic E-state index is -0.192. The summed E-state index contributed by atoms with van der Waals surface area (Å²) >= 11 is 0. The van der Waals surface area contributed by atoms with Crippen LogP contribution in [-0.2, 0) is 5.54 Å². The first kappa shape index (κ1) is 18.1. The van der Waals surface area contributed by atoms with Crippen molar-refractivity contribution in [1.82, 2.24) is 14.5 Å². The first-order valence-electron chi connectivity index (χ1n) is 10.7. The molecule has 152 valence electrons. The standard InChI is InChI=1S/C27H23N3O/c1-18-8-9-21(16-28-18)20-10-11-23-24(14-20)30-17-22(19-6-4-3-5-7-19)15-25(30)26(31)29(2)27(23)12-13-27/h3-11,14-17H,12-13H2,1-2H3. The third-order valence-corrected chi connectivity index (χ3v) is 6.82. The zero-order valence-corrected chi connectivity index (χ0v) is 17.7. The van der Waals surface area contributed by atoms with E-state index in [1.54, 1.807) is 0 Å². The number of nitrogens with zero attached hydrogens (tertiary/aromatic N) is 3. The van der Waals surface area contributed by atoms with E-state index < -0.39 is 0 Å². The number of pyridine rings is 1. The second-order valence-electron chi connectivity index (χ2n) is 8.67. The number of benzene rings is 2. The largest absolute Gasteiger partial charge is 0.331 e. The van der Waals surface area contributed by atoms with Crippen molar-refractivity contribution in [1.29, 1.82) is 0 Å². The van der Waals surface area contributed by atoms with Gasteiger partial charge in [-0.2, -0.15) is 0 Å². The summed E-state index contributed by atoms with van der Waals surface area (Å²) in [5.74, 6) is 0.0782. The molecule has 4 aromatic rings. The number of amides is 1. The van der Waals surface area contributed by atoms with Gasteiger partial charge in [0.1, 0.15) is 5.69 Å². The highest BCUT2D eigenvalue weighted by Crippen LogP contribution is 2.54. The molecule has 1 aliphatic heterocycles. The fourth-order valence-corrected chi connectivity index (χ4v) is 4.83. The maximum absolute atomic E-state index is 13.5. The lowest BCUT2D eigenvalue weighted by Crippen LogP contribution is -2.36. The number of rotatable bonds is 2. The Labute approximate surface area is 181 Å². The van der Waals surface area contributed by atoms with E-state index in [9.17, 15) is 4.79 Å². The number of carbonyl (C=O) groups excluding carboxylic acids is 1. The van der Waals surface area contributed by atoms with Gasteiger partial charge in [-0.3, -0.25) is 9.78 Å². The van der Waals surface area contributed by atoms with Crippen LogP contribution in [-0.4, -0.2) is 27.4 Å². The topological polar surface area (TPSA) is 38.1 Å². The van der Waals surface area contributed by atoms with Gasteiger partial charge in [-0.25, -0.2) is 0 Å². The fourth-order valence-electron chi connectivity index (χ4n) is 4.83. The Bertz CT molecular complexity index is 1310. The highest BCUT2D eigenvalue weighted by atomic mass is 16.2. The lowest BCUT2D eigenvalue weighted by atomic mass is 9.97.